The maximum atomic E-state index is 5.69. The molecule has 0 bridgehead atoms. The molecule has 0 aliphatic heterocycles. The van der Waals surface area contributed by atoms with Gasteiger partial charge in [-0.2, -0.15) is 0 Å². The quantitative estimate of drug-likeness (QED) is 0.770. The fourth-order valence-corrected chi connectivity index (χ4v) is 1.40. The molecule has 16 heavy (non-hydrogen) atoms. The van der Waals surface area contributed by atoms with E-state index in [0.29, 0.717) is 19.0 Å². The maximum Gasteiger partial charge on any atom is 0.131 e. The standard InChI is InChI=1S/C12H18N4/c1-5-6-16(4)11-8-14-12(9(2)3)15-10(11)7-13/h1,8-9H,6-7,13H2,2-4H3. The molecule has 1 rings (SSSR count). The van der Waals surface area contributed by atoms with Crippen LogP contribution in [0.3, 0.4) is 0 Å². The summed E-state index contributed by atoms with van der Waals surface area (Å²) in [6.07, 6.45) is 7.07. The molecule has 0 atom stereocenters. The van der Waals surface area contributed by atoms with Crippen molar-refractivity contribution in [2.75, 3.05) is 18.5 Å². The minimum Gasteiger partial charge on any atom is -0.361 e. The fourth-order valence-electron chi connectivity index (χ4n) is 1.40. The van der Waals surface area contributed by atoms with Gasteiger partial charge < -0.3 is 10.6 Å². The van der Waals surface area contributed by atoms with Crippen LogP contribution < -0.4 is 10.6 Å². The predicted octanol–water partition coefficient (Wildman–Crippen LogP) is 1.13. The lowest BCUT2D eigenvalue weighted by Crippen LogP contribution is -2.21. The van der Waals surface area contributed by atoms with E-state index in [1.165, 1.54) is 0 Å². The van der Waals surface area contributed by atoms with E-state index in [1.54, 1.807) is 6.20 Å². The van der Waals surface area contributed by atoms with Crippen LogP contribution in [0, 0.1) is 12.3 Å². The Morgan fingerprint density at radius 1 is 1.56 bits per heavy atom. The summed E-state index contributed by atoms with van der Waals surface area (Å²) < 4.78 is 0. The number of anilines is 1. The van der Waals surface area contributed by atoms with Gasteiger partial charge in [0.15, 0.2) is 0 Å². The Hall–Kier alpha value is -1.60. The third-order valence-electron chi connectivity index (χ3n) is 2.31. The lowest BCUT2D eigenvalue weighted by Gasteiger charge is -2.19. The Kier molecular flexibility index (Phi) is 4.27. The molecular weight excluding hydrogens is 200 g/mol. The summed E-state index contributed by atoms with van der Waals surface area (Å²) in [5, 5.41) is 0. The average molecular weight is 218 g/mol. The van der Waals surface area contributed by atoms with Crippen LogP contribution in [0.15, 0.2) is 6.20 Å². The summed E-state index contributed by atoms with van der Waals surface area (Å²) in [6.45, 7) is 5.03. The van der Waals surface area contributed by atoms with Gasteiger partial charge in [-0.15, -0.1) is 6.42 Å². The van der Waals surface area contributed by atoms with E-state index < -0.39 is 0 Å². The van der Waals surface area contributed by atoms with Gasteiger partial charge in [-0.05, 0) is 0 Å². The van der Waals surface area contributed by atoms with Crippen molar-refractivity contribution in [2.45, 2.75) is 26.3 Å². The van der Waals surface area contributed by atoms with Gasteiger partial charge >= 0.3 is 0 Å². The molecule has 1 heterocycles. The molecule has 0 saturated heterocycles. The van der Waals surface area contributed by atoms with Crippen LogP contribution in [0.25, 0.3) is 0 Å². The van der Waals surface area contributed by atoms with Crippen LogP contribution in [-0.2, 0) is 6.54 Å². The second-order valence-corrected chi connectivity index (χ2v) is 3.98. The first-order valence-corrected chi connectivity index (χ1v) is 5.30. The summed E-state index contributed by atoms with van der Waals surface area (Å²) in [4.78, 5) is 10.7. The van der Waals surface area contributed by atoms with Gasteiger partial charge in [0.2, 0.25) is 0 Å². The van der Waals surface area contributed by atoms with Crippen molar-refractivity contribution in [3.05, 3.63) is 17.7 Å². The first-order valence-electron chi connectivity index (χ1n) is 5.30. The van der Waals surface area contributed by atoms with Crippen LogP contribution in [0.1, 0.15) is 31.3 Å². The second kappa shape index (κ2) is 5.47. The second-order valence-electron chi connectivity index (χ2n) is 3.98. The Morgan fingerprint density at radius 3 is 2.75 bits per heavy atom. The Morgan fingerprint density at radius 2 is 2.25 bits per heavy atom. The van der Waals surface area contributed by atoms with Crippen molar-refractivity contribution in [2.24, 2.45) is 5.73 Å². The number of nitrogens with zero attached hydrogens (tertiary/aromatic N) is 3. The van der Waals surface area contributed by atoms with Gasteiger partial charge in [-0.3, -0.25) is 0 Å². The lowest BCUT2D eigenvalue weighted by atomic mass is 10.2. The van der Waals surface area contributed by atoms with E-state index in [0.717, 1.165) is 17.2 Å². The molecule has 0 saturated carbocycles. The molecule has 2 N–H and O–H groups in total. The summed E-state index contributed by atoms with van der Waals surface area (Å²) in [5.41, 5.74) is 7.44. The number of hydrogen-bond donors (Lipinski definition) is 1. The van der Waals surface area contributed by atoms with Crippen molar-refractivity contribution in [1.82, 2.24) is 9.97 Å². The highest BCUT2D eigenvalue weighted by atomic mass is 15.1. The summed E-state index contributed by atoms with van der Waals surface area (Å²) >= 11 is 0. The highest BCUT2D eigenvalue weighted by Crippen LogP contribution is 2.18. The normalized spacial score (nSPS) is 10.2. The van der Waals surface area contributed by atoms with Gasteiger partial charge in [0, 0.05) is 19.5 Å². The molecule has 0 aliphatic rings. The third kappa shape index (κ3) is 2.71. The number of hydrogen-bond acceptors (Lipinski definition) is 4. The monoisotopic (exact) mass is 218 g/mol. The van der Waals surface area contributed by atoms with Gasteiger partial charge in [0.05, 0.1) is 24.1 Å². The van der Waals surface area contributed by atoms with E-state index in [2.05, 4.69) is 29.7 Å². The predicted molar refractivity (Wildman–Crippen MR) is 66.1 cm³/mol. The highest BCUT2D eigenvalue weighted by Gasteiger charge is 2.11. The minimum atomic E-state index is 0.303. The lowest BCUT2D eigenvalue weighted by molar-refractivity contribution is 0.752. The van der Waals surface area contributed by atoms with E-state index in [1.807, 2.05) is 11.9 Å². The van der Waals surface area contributed by atoms with Gasteiger partial charge in [-0.1, -0.05) is 19.8 Å². The molecule has 1 aromatic rings. The fraction of sp³-hybridized carbons (Fsp3) is 0.500. The van der Waals surface area contributed by atoms with Crippen molar-refractivity contribution >= 4 is 5.69 Å². The SMILES string of the molecule is C#CCN(C)c1cnc(C(C)C)nc1CN. The first-order chi connectivity index (χ1) is 7.60. The van der Waals surface area contributed by atoms with Crippen LogP contribution >= 0.6 is 0 Å². The molecule has 0 fully saturated rings. The molecule has 4 nitrogen and oxygen atoms in total. The number of terminal acetylenes is 1. The molecule has 0 spiro atoms. The van der Waals surface area contributed by atoms with E-state index in [-0.39, 0.29) is 0 Å². The average Bonchev–Trinajstić information content (AvgIpc) is 2.28. The van der Waals surface area contributed by atoms with Crippen LogP contribution in [0.2, 0.25) is 0 Å². The molecule has 0 aliphatic carbocycles. The molecule has 0 unspecified atom stereocenters. The van der Waals surface area contributed by atoms with E-state index >= 15 is 0 Å². The zero-order chi connectivity index (χ0) is 12.1. The van der Waals surface area contributed by atoms with Crippen LogP contribution in [-0.4, -0.2) is 23.6 Å². The van der Waals surface area contributed by atoms with E-state index in [4.69, 9.17) is 12.2 Å². The number of rotatable bonds is 4. The zero-order valence-corrected chi connectivity index (χ0v) is 10.1. The first kappa shape index (κ1) is 12.5. The Balaban J connectivity index is 3.07. The van der Waals surface area contributed by atoms with Gasteiger partial charge in [0.25, 0.3) is 0 Å². The maximum absolute atomic E-state index is 5.69. The van der Waals surface area contributed by atoms with Crippen LogP contribution in [0.4, 0.5) is 5.69 Å². The van der Waals surface area contributed by atoms with E-state index in [9.17, 15) is 0 Å². The minimum absolute atomic E-state index is 0.303. The molecule has 1 aromatic heterocycles. The molecule has 4 heteroatoms. The van der Waals surface area contributed by atoms with Crippen molar-refractivity contribution in [1.29, 1.82) is 0 Å². The molecular formula is C12H18N4. The van der Waals surface area contributed by atoms with Gasteiger partial charge in [-0.25, -0.2) is 9.97 Å². The van der Waals surface area contributed by atoms with Crippen molar-refractivity contribution < 1.29 is 0 Å². The Bertz CT molecular complexity index is 392. The summed E-state index contributed by atoms with van der Waals surface area (Å²) in [6, 6.07) is 0. The largest absolute Gasteiger partial charge is 0.361 e. The molecule has 0 aromatic carbocycles. The molecule has 0 radical (unpaired) electrons. The summed E-state index contributed by atoms with van der Waals surface area (Å²) in [7, 11) is 1.91. The van der Waals surface area contributed by atoms with Crippen molar-refractivity contribution in [3.63, 3.8) is 0 Å². The van der Waals surface area contributed by atoms with Gasteiger partial charge in [0.1, 0.15) is 5.82 Å². The topological polar surface area (TPSA) is 55.0 Å². The smallest absolute Gasteiger partial charge is 0.131 e. The Labute approximate surface area is 96.9 Å². The van der Waals surface area contributed by atoms with Crippen LogP contribution in [0.5, 0.6) is 0 Å². The number of aromatic nitrogens is 2. The molecule has 86 valence electrons. The zero-order valence-electron chi connectivity index (χ0n) is 10.1. The highest BCUT2D eigenvalue weighted by molar-refractivity contribution is 5.49. The van der Waals surface area contributed by atoms with Crippen molar-refractivity contribution in [3.8, 4) is 12.3 Å². The number of nitrogens with two attached hydrogens (primary N) is 1. The third-order valence-corrected chi connectivity index (χ3v) is 2.31. The summed E-state index contributed by atoms with van der Waals surface area (Å²) in [5.74, 6) is 3.71. The molecule has 0 amide bonds.